The molecule has 1 aromatic carbocycles. The van der Waals surface area contributed by atoms with Crippen LogP contribution >= 0.6 is 0 Å². The number of methoxy groups -OCH3 is 1. The van der Waals surface area contributed by atoms with E-state index in [1.807, 2.05) is 12.1 Å². The van der Waals surface area contributed by atoms with Crippen LogP contribution < -0.4 is 9.47 Å². The Labute approximate surface area is 140 Å². The minimum absolute atomic E-state index is 0.111. The number of ether oxygens (including phenoxy) is 2. The first-order valence-electron chi connectivity index (χ1n) is 7.66. The number of hydrogen-bond acceptors (Lipinski definition) is 6. The molecule has 0 saturated carbocycles. The number of hydrogen-bond donors (Lipinski definition) is 0. The topological polar surface area (TPSA) is 87.6 Å². The molecule has 0 spiro atoms. The first kappa shape index (κ1) is 17.5. The zero-order valence-electron chi connectivity index (χ0n) is 13.9. The summed E-state index contributed by atoms with van der Waals surface area (Å²) in [6, 6.07) is 5.45. The molecule has 0 bridgehead atoms. The van der Waals surface area contributed by atoms with Crippen LogP contribution in [0.15, 0.2) is 22.7 Å². The third kappa shape index (κ3) is 4.13. The molecule has 7 nitrogen and oxygen atoms in total. The number of nitrogens with zero attached hydrogens (tertiary/aromatic N) is 2. The summed E-state index contributed by atoms with van der Waals surface area (Å²) >= 11 is 0. The molecule has 0 radical (unpaired) electrons. The summed E-state index contributed by atoms with van der Waals surface area (Å²) in [4.78, 5) is 10.5. The number of nitro groups is 1. The van der Waals surface area contributed by atoms with Crippen LogP contribution in [0.4, 0.5) is 5.69 Å². The van der Waals surface area contributed by atoms with E-state index in [4.69, 9.17) is 14.0 Å². The zero-order valence-corrected chi connectivity index (χ0v) is 13.9. The van der Waals surface area contributed by atoms with Crippen LogP contribution in [0.2, 0.25) is 0 Å². The smallest absolute Gasteiger partial charge is 0.338 e. The normalized spacial score (nSPS) is 11.0. The molecule has 0 aliphatic rings. The maximum absolute atomic E-state index is 11.0. The van der Waals surface area contributed by atoms with Gasteiger partial charge in [0, 0.05) is 0 Å². The minimum atomic E-state index is -0.503. The third-order valence-corrected chi connectivity index (χ3v) is 3.41. The molecule has 1 aromatic heterocycles. The molecule has 0 atom stereocenters. The summed E-state index contributed by atoms with van der Waals surface area (Å²) in [5, 5.41) is 14.6. The van der Waals surface area contributed by atoms with Gasteiger partial charge in [-0.3, -0.25) is 10.1 Å². The lowest BCUT2D eigenvalue weighted by Gasteiger charge is -2.10. The molecular weight excluding hydrogens is 312 g/mol. The van der Waals surface area contributed by atoms with Gasteiger partial charge in [-0.1, -0.05) is 30.6 Å². The van der Waals surface area contributed by atoms with Crippen LogP contribution in [-0.2, 0) is 0 Å². The largest absolute Gasteiger partial charge is 0.493 e. The highest BCUT2D eigenvalue weighted by molar-refractivity contribution is 5.72. The highest BCUT2D eigenvalue weighted by Gasteiger charge is 2.21. The van der Waals surface area contributed by atoms with Crippen molar-refractivity contribution in [2.75, 3.05) is 13.7 Å². The van der Waals surface area contributed by atoms with Gasteiger partial charge < -0.3 is 14.0 Å². The summed E-state index contributed by atoms with van der Waals surface area (Å²) in [6.07, 6.45) is 5.24. The lowest BCUT2D eigenvalue weighted by molar-refractivity contribution is -0.386. The summed E-state index contributed by atoms with van der Waals surface area (Å²) in [7, 11) is 1.57. The van der Waals surface area contributed by atoms with Crippen molar-refractivity contribution >= 4 is 17.8 Å². The molecule has 128 valence electrons. The molecule has 24 heavy (non-hydrogen) atoms. The Morgan fingerprint density at radius 2 is 2.12 bits per heavy atom. The SMILES string of the molecule is CCCCOc1ccc(C=Cc2onc(C)c2[N+](=O)[O-])cc1OC. The van der Waals surface area contributed by atoms with Crippen molar-refractivity contribution in [1.29, 1.82) is 0 Å². The Balaban J connectivity index is 2.19. The van der Waals surface area contributed by atoms with E-state index in [0.29, 0.717) is 18.1 Å². The van der Waals surface area contributed by atoms with Crippen molar-refractivity contribution in [3.8, 4) is 11.5 Å². The number of aromatic nitrogens is 1. The van der Waals surface area contributed by atoms with Crippen molar-refractivity contribution in [3.63, 3.8) is 0 Å². The molecule has 0 saturated heterocycles. The molecule has 0 N–H and O–H groups in total. The fourth-order valence-corrected chi connectivity index (χ4v) is 2.12. The van der Waals surface area contributed by atoms with Crippen LogP contribution in [0.1, 0.15) is 36.8 Å². The summed E-state index contributed by atoms with van der Waals surface area (Å²) in [5.74, 6) is 1.39. The molecule has 2 aromatic rings. The second kappa shape index (κ2) is 8.14. The zero-order chi connectivity index (χ0) is 17.5. The van der Waals surface area contributed by atoms with Crippen LogP contribution in [0.5, 0.6) is 11.5 Å². The minimum Gasteiger partial charge on any atom is -0.493 e. The van der Waals surface area contributed by atoms with Crippen molar-refractivity contribution in [2.45, 2.75) is 26.7 Å². The van der Waals surface area contributed by atoms with Gasteiger partial charge in [-0.25, -0.2) is 0 Å². The van der Waals surface area contributed by atoms with Gasteiger partial charge in [0.05, 0.1) is 18.6 Å². The van der Waals surface area contributed by atoms with Gasteiger partial charge in [-0.15, -0.1) is 0 Å². The second-order valence-electron chi connectivity index (χ2n) is 5.18. The average molecular weight is 332 g/mol. The van der Waals surface area contributed by atoms with Crippen molar-refractivity contribution < 1.29 is 18.9 Å². The second-order valence-corrected chi connectivity index (χ2v) is 5.18. The van der Waals surface area contributed by atoms with Gasteiger partial charge in [0.15, 0.2) is 17.2 Å². The molecule has 0 aliphatic carbocycles. The van der Waals surface area contributed by atoms with E-state index in [0.717, 1.165) is 18.4 Å². The van der Waals surface area contributed by atoms with Gasteiger partial charge in [-0.2, -0.15) is 0 Å². The monoisotopic (exact) mass is 332 g/mol. The molecular formula is C17H20N2O5. The Morgan fingerprint density at radius 3 is 2.79 bits per heavy atom. The number of benzene rings is 1. The van der Waals surface area contributed by atoms with Crippen molar-refractivity contribution in [2.24, 2.45) is 0 Å². The van der Waals surface area contributed by atoms with E-state index >= 15 is 0 Å². The molecule has 0 aliphatic heterocycles. The van der Waals surface area contributed by atoms with Gasteiger partial charge in [-0.05, 0) is 37.1 Å². The lowest BCUT2D eigenvalue weighted by Crippen LogP contribution is -1.98. The Hall–Kier alpha value is -2.83. The van der Waals surface area contributed by atoms with Gasteiger partial charge >= 0.3 is 5.69 Å². The lowest BCUT2D eigenvalue weighted by atomic mass is 10.1. The van der Waals surface area contributed by atoms with Crippen LogP contribution in [0.3, 0.4) is 0 Å². The molecule has 0 fully saturated rings. The first-order valence-corrected chi connectivity index (χ1v) is 7.66. The number of aryl methyl sites for hydroxylation is 1. The quantitative estimate of drug-likeness (QED) is 0.408. The highest BCUT2D eigenvalue weighted by atomic mass is 16.6. The van der Waals surface area contributed by atoms with Gasteiger partial charge in [0.2, 0.25) is 5.76 Å². The fourth-order valence-electron chi connectivity index (χ4n) is 2.12. The third-order valence-electron chi connectivity index (χ3n) is 3.41. The maximum Gasteiger partial charge on any atom is 0.338 e. The Kier molecular flexibility index (Phi) is 5.95. The summed E-state index contributed by atoms with van der Waals surface area (Å²) in [6.45, 7) is 4.26. The van der Waals surface area contributed by atoms with E-state index in [1.165, 1.54) is 13.0 Å². The summed E-state index contributed by atoms with van der Waals surface area (Å²) < 4.78 is 16.0. The molecule has 0 unspecified atom stereocenters. The highest BCUT2D eigenvalue weighted by Crippen LogP contribution is 2.30. The summed E-state index contributed by atoms with van der Waals surface area (Å²) in [5.41, 5.74) is 0.924. The fraction of sp³-hybridized carbons (Fsp3) is 0.353. The average Bonchev–Trinajstić information content (AvgIpc) is 2.94. The maximum atomic E-state index is 11.0. The first-order chi connectivity index (χ1) is 11.6. The Bertz CT molecular complexity index is 737. The van der Waals surface area contributed by atoms with Gasteiger partial charge in [0.1, 0.15) is 0 Å². The van der Waals surface area contributed by atoms with Crippen LogP contribution in [0.25, 0.3) is 12.2 Å². The predicted molar refractivity (Wildman–Crippen MR) is 90.2 cm³/mol. The van der Waals surface area contributed by atoms with E-state index in [9.17, 15) is 10.1 Å². The van der Waals surface area contributed by atoms with Crippen molar-refractivity contribution in [3.05, 3.63) is 45.3 Å². The molecule has 2 rings (SSSR count). The van der Waals surface area contributed by atoms with Crippen LogP contribution in [-0.4, -0.2) is 23.8 Å². The van der Waals surface area contributed by atoms with Crippen molar-refractivity contribution in [1.82, 2.24) is 5.16 Å². The molecule has 7 heteroatoms. The molecule has 0 amide bonds. The van der Waals surface area contributed by atoms with E-state index in [2.05, 4.69) is 12.1 Å². The number of rotatable bonds is 8. The standard InChI is InChI=1S/C17H20N2O5/c1-4-5-10-23-14-8-6-13(11-16(14)22-3)7-9-15-17(19(20)21)12(2)18-24-15/h6-9,11H,4-5,10H2,1-3H3. The van der Waals surface area contributed by atoms with Gasteiger partial charge in [0.25, 0.3) is 0 Å². The molecule has 1 heterocycles. The van der Waals surface area contributed by atoms with E-state index in [1.54, 1.807) is 19.3 Å². The Morgan fingerprint density at radius 1 is 1.33 bits per heavy atom. The van der Waals surface area contributed by atoms with Crippen LogP contribution in [0, 0.1) is 17.0 Å². The van der Waals surface area contributed by atoms with E-state index < -0.39 is 4.92 Å². The van der Waals surface area contributed by atoms with E-state index in [-0.39, 0.29) is 17.1 Å². The predicted octanol–water partition coefficient (Wildman–Crippen LogP) is 4.25. The number of unbranched alkanes of at least 4 members (excludes halogenated alkanes) is 1.